The highest BCUT2D eigenvalue weighted by Crippen LogP contribution is 2.09. The SMILES string of the molecule is Nc1[nH]ncc1C(=O)NCc1ccc(S(N)(=O)=O)cc1. The highest BCUT2D eigenvalue weighted by molar-refractivity contribution is 7.89. The predicted molar refractivity (Wildman–Crippen MR) is 72.0 cm³/mol. The Labute approximate surface area is 115 Å². The van der Waals surface area contributed by atoms with Gasteiger partial charge < -0.3 is 11.1 Å². The quantitative estimate of drug-likeness (QED) is 0.605. The first-order valence-electron chi connectivity index (χ1n) is 5.56. The number of nitrogens with two attached hydrogens (primary N) is 2. The smallest absolute Gasteiger partial charge is 0.256 e. The summed E-state index contributed by atoms with van der Waals surface area (Å²) >= 11 is 0. The molecule has 20 heavy (non-hydrogen) atoms. The molecule has 0 unspecified atom stereocenters. The number of amides is 1. The Morgan fingerprint density at radius 2 is 1.95 bits per heavy atom. The van der Waals surface area contributed by atoms with E-state index in [9.17, 15) is 13.2 Å². The van der Waals surface area contributed by atoms with Crippen molar-refractivity contribution in [2.75, 3.05) is 5.73 Å². The third kappa shape index (κ3) is 3.13. The van der Waals surface area contributed by atoms with E-state index in [2.05, 4.69) is 15.5 Å². The summed E-state index contributed by atoms with van der Waals surface area (Å²) in [4.78, 5) is 11.8. The van der Waals surface area contributed by atoms with Gasteiger partial charge in [0.2, 0.25) is 10.0 Å². The molecule has 0 fully saturated rings. The average molecular weight is 295 g/mol. The summed E-state index contributed by atoms with van der Waals surface area (Å²) in [6.45, 7) is 0.231. The molecule has 0 saturated carbocycles. The van der Waals surface area contributed by atoms with Crippen molar-refractivity contribution in [2.45, 2.75) is 11.4 Å². The van der Waals surface area contributed by atoms with Crippen LogP contribution >= 0.6 is 0 Å². The van der Waals surface area contributed by atoms with Crippen LogP contribution in [0.4, 0.5) is 5.82 Å². The van der Waals surface area contributed by atoms with E-state index in [0.29, 0.717) is 0 Å². The van der Waals surface area contributed by atoms with Crippen LogP contribution in [0, 0.1) is 0 Å². The van der Waals surface area contributed by atoms with E-state index >= 15 is 0 Å². The standard InChI is InChI=1S/C11H13N5O3S/c12-10-9(6-15-16-10)11(17)14-5-7-1-3-8(4-2-7)20(13,18)19/h1-4,6H,5H2,(H,14,17)(H3,12,15,16)(H2,13,18,19). The molecule has 1 aromatic heterocycles. The number of sulfonamides is 1. The molecule has 1 heterocycles. The Bertz CT molecular complexity index is 721. The zero-order chi connectivity index (χ0) is 14.8. The fourth-order valence-corrected chi connectivity index (χ4v) is 2.07. The summed E-state index contributed by atoms with van der Waals surface area (Å²) in [5.41, 5.74) is 6.50. The third-order valence-electron chi connectivity index (χ3n) is 2.62. The summed E-state index contributed by atoms with van der Waals surface area (Å²) in [6.07, 6.45) is 1.33. The number of carbonyl (C=O) groups excluding carboxylic acids is 1. The first-order chi connectivity index (χ1) is 9.38. The minimum absolute atomic E-state index is 0.0201. The number of anilines is 1. The van der Waals surface area contributed by atoms with Gasteiger partial charge in [0.1, 0.15) is 11.4 Å². The second kappa shape index (κ2) is 5.31. The van der Waals surface area contributed by atoms with Crippen LogP contribution in [-0.2, 0) is 16.6 Å². The predicted octanol–water partition coefficient (Wildman–Crippen LogP) is -0.431. The lowest BCUT2D eigenvalue weighted by Crippen LogP contribution is -2.23. The molecular weight excluding hydrogens is 282 g/mol. The van der Waals surface area contributed by atoms with Crippen LogP contribution in [0.25, 0.3) is 0 Å². The maximum atomic E-state index is 11.8. The number of carbonyl (C=O) groups is 1. The molecule has 0 radical (unpaired) electrons. The molecule has 0 aliphatic carbocycles. The Balaban J connectivity index is 2.02. The van der Waals surface area contributed by atoms with Gasteiger partial charge in [-0.1, -0.05) is 12.1 Å². The van der Waals surface area contributed by atoms with Gasteiger partial charge in [-0.15, -0.1) is 0 Å². The average Bonchev–Trinajstić information content (AvgIpc) is 2.82. The lowest BCUT2D eigenvalue weighted by Gasteiger charge is -2.05. The molecule has 2 rings (SSSR count). The van der Waals surface area contributed by atoms with Gasteiger partial charge in [0.05, 0.1) is 11.1 Å². The van der Waals surface area contributed by atoms with Gasteiger partial charge in [0.25, 0.3) is 5.91 Å². The maximum absolute atomic E-state index is 11.8. The van der Waals surface area contributed by atoms with Crippen molar-refractivity contribution >= 4 is 21.7 Å². The second-order valence-electron chi connectivity index (χ2n) is 4.07. The topological polar surface area (TPSA) is 144 Å². The van der Waals surface area contributed by atoms with Crippen LogP contribution in [0.15, 0.2) is 35.4 Å². The zero-order valence-corrected chi connectivity index (χ0v) is 11.1. The Kier molecular flexibility index (Phi) is 3.72. The van der Waals surface area contributed by atoms with Crippen molar-refractivity contribution < 1.29 is 13.2 Å². The molecule has 0 spiro atoms. The number of primary sulfonamides is 1. The fourth-order valence-electron chi connectivity index (χ4n) is 1.55. The number of H-pyrrole nitrogens is 1. The molecule has 1 aromatic carbocycles. The molecule has 0 aliphatic rings. The number of rotatable bonds is 4. The van der Waals surface area contributed by atoms with Gasteiger partial charge in [0, 0.05) is 6.54 Å². The van der Waals surface area contributed by atoms with Gasteiger partial charge in [-0.3, -0.25) is 9.89 Å². The summed E-state index contributed by atoms with van der Waals surface area (Å²) in [5, 5.41) is 13.7. The molecule has 1 amide bonds. The number of benzene rings is 1. The summed E-state index contributed by atoms with van der Waals surface area (Å²) < 4.78 is 22.2. The second-order valence-corrected chi connectivity index (χ2v) is 5.63. The third-order valence-corrected chi connectivity index (χ3v) is 3.55. The highest BCUT2D eigenvalue weighted by Gasteiger charge is 2.11. The number of nitrogens with zero attached hydrogens (tertiary/aromatic N) is 1. The van der Waals surface area contributed by atoms with E-state index in [-0.39, 0.29) is 28.7 Å². The summed E-state index contributed by atoms with van der Waals surface area (Å²) in [5.74, 6) is -0.182. The normalized spacial score (nSPS) is 11.2. The highest BCUT2D eigenvalue weighted by atomic mass is 32.2. The number of aromatic nitrogens is 2. The maximum Gasteiger partial charge on any atom is 0.256 e. The van der Waals surface area contributed by atoms with E-state index < -0.39 is 10.0 Å². The molecule has 9 heteroatoms. The molecule has 6 N–H and O–H groups in total. The molecule has 2 aromatic rings. The molecule has 8 nitrogen and oxygen atoms in total. The molecule has 0 aliphatic heterocycles. The van der Waals surface area contributed by atoms with E-state index in [4.69, 9.17) is 10.9 Å². The van der Waals surface area contributed by atoms with E-state index in [1.165, 1.54) is 18.3 Å². The number of hydrogen-bond acceptors (Lipinski definition) is 5. The van der Waals surface area contributed by atoms with E-state index in [1.54, 1.807) is 12.1 Å². The Morgan fingerprint density at radius 1 is 1.30 bits per heavy atom. The monoisotopic (exact) mass is 295 g/mol. The minimum Gasteiger partial charge on any atom is -0.383 e. The van der Waals surface area contributed by atoms with E-state index in [0.717, 1.165) is 5.56 Å². The van der Waals surface area contributed by atoms with Crippen LogP contribution in [0.5, 0.6) is 0 Å². The largest absolute Gasteiger partial charge is 0.383 e. The van der Waals surface area contributed by atoms with Crippen molar-refractivity contribution in [1.29, 1.82) is 0 Å². The molecule has 0 bridgehead atoms. The molecule has 0 atom stereocenters. The number of hydrogen-bond donors (Lipinski definition) is 4. The first kappa shape index (κ1) is 14.0. The van der Waals surface area contributed by atoms with Crippen LogP contribution in [0.1, 0.15) is 15.9 Å². The first-order valence-corrected chi connectivity index (χ1v) is 7.11. The Morgan fingerprint density at radius 3 is 2.45 bits per heavy atom. The lowest BCUT2D eigenvalue weighted by molar-refractivity contribution is 0.0952. The van der Waals surface area contributed by atoms with Gasteiger partial charge in [-0.05, 0) is 17.7 Å². The van der Waals surface area contributed by atoms with Crippen LogP contribution < -0.4 is 16.2 Å². The molecule has 106 valence electrons. The van der Waals surface area contributed by atoms with Gasteiger partial charge in [-0.2, -0.15) is 5.10 Å². The Hall–Kier alpha value is -2.39. The number of nitrogen functional groups attached to an aromatic ring is 1. The van der Waals surface area contributed by atoms with Crippen molar-refractivity contribution in [1.82, 2.24) is 15.5 Å². The van der Waals surface area contributed by atoms with Gasteiger partial charge >= 0.3 is 0 Å². The van der Waals surface area contributed by atoms with Crippen LogP contribution in [0.3, 0.4) is 0 Å². The van der Waals surface area contributed by atoms with Crippen LogP contribution in [0.2, 0.25) is 0 Å². The van der Waals surface area contributed by atoms with Crippen molar-refractivity contribution in [3.05, 3.63) is 41.6 Å². The summed E-state index contributed by atoms with van der Waals surface area (Å²) in [6, 6.07) is 5.89. The van der Waals surface area contributed by atoms with Crippen molar-refractivity contribution in [2.24, 2.45) is 5.14 Å². The lowest BCUT2D eigenvalue weighted by atomic mass is 10.2. The number of nitrogens with one attached hydrogen (secondary N) is 2. The van der Waals surface area contributed by atoms with Crippen LogP contribution in [-0.4, -0.2) is 24.5 Å². The van der Waals surface area contributed by atoms with Crippen molar-refractivity contribution in [3.8, 4) is 0 Å². The van der Waals surface area contributed by atoms with Crippen molar-refractivity contribution in [3.63, 3.8) is 0 Å². The van der Waals surface area contributed by atoms with E-state index in [1.807, 2.05) is 0 Å². The molecular formula is C11H13N5O3S. The number of aromatic amines is 1. The zero-order valence-electron chi connectivity index (χ0n) is 10.3. The summed E-state index contributed by atoms with van der Waals surface area (Å²) in [7, 11) is -3.71. The fraction of sp³-hybridized carbons (Fsp3) is 0.0909. The van der Waals surface area contributed by atoms with Gasteiger partial charge in [-0.25, -0.2) is 13.6 Å². The van der Waals surface area contributed by atoms with Gasteiger partial charge in [0.15, 0.2) is 0 Å². The minimum atomic E-state index is -3.71. The molecule has 0 saturated heterocycles.